The highest BCUT2D eigenvalue weighted by Crippen LogP contribution is 2.20. The van der Waals surface area contributed by atoms with Crippen molar-refractivity contribution in [2.75, 3.05) is 45.2 Å². The van der Waals surface area contributed by atoms with E-state index in [1.165, 1.54) is 11.3 Å². The molecular weight excluding hydrogens is 425 g/mol. The molecule has 6 heteroatoms. The van der Waals surface area contributed by atoms with Crippen molar-refractivity contribution in [1.82, 2.24) is 15.5 Å². The number of likely N-dealkylation sites (N-methyl/N-ethyl adjacent to an activating group) is 1. The van der Waals surface area contributed by atoms with E-state index < -0.39 is 0 Å². The third-order valence-corrected chi connectivity index (χ3v) is 4.79. The van der Waals surface area contributed by atoms with Crippen LogP contribution >= 0.6 is 24.0 Å². The molecule has 0 radical (unpaired) electrons. The summed E-state index contributed by atoms with van der Waals surface area (Å²) in [6.07, 6.45) is 1.14. The summed E-state index contributed by atoms with van der Waals surface area (Å²) in [5, 5.41) is 6.98. The Morgan fingerprint density at radius 3 is 2.60 bits per heavy atom. The van der Waals surface area contributed by atoms with Gasteiger partial charge in [-0.05, 0) is 46.4 Å². The lowest BCUT2D eigenvalue weighted by Crippen LogP contribution is -2.46. The Bertz CT molecular complexity index is 529. The third kappa shape index (κ3) is 7.01. The molecule has 25 heavy (non-hydrogen) atoms. The molecule has 1 saturated heterocycles. The Labute approximate surface area is 170 Å². The number of benzene rings is 1. The Kier molecular flexibility index (Phi) is 9.56. The highest BCUT2D eigenvalue weighted by Gasteiger charge is 2.23. The van der Waals surface area contributed by atoms with Crippen molar-refractivity contribution in [2.45, 2.75) is 39.3 Å². The zero-order chi connectivity index (χ0) is 17.5. The van der Waals surface area contributed by atoms with Gasteiger partial charge in [0.1, 0.15) is 0 Å². The molecule has 0 bridgehead atoms. The number of guanidine groups is 1. The summed E-state index contributed by atoms with van der Waals surface area (Å²) in [5.41, 5.74) is 2.62. The smallest absolute Gasteiger partial charge is 0.191 e. The Morgan fingerprint density at radius 1 is 1.32 bits per heavy atom. The molecule has 1 aliphatic rings. The van der Waals surface area contributed by atoms with E-state index in [1.807, 2.05) is 7.05 Å². The number of anilines is 1. The summed E-state index contributed by atoms with van der Waals surface area (Å²) < 4.78 is 0. The van der Waals surface area contributed by atoms with Crippen molar-refractivity contribution in [3.05, 3.63) is 29.8 Å². The van der Waals surface area contributed by atoms with Crippen LogP contribution in [0.1, 0.15) is 25.8 Å². The van der Waals surface area contributed by atoms with E-state index >= 15 is 0 Å². The fourth-order valence-electron chi connectivity index (χ4n) is 2.87. The first-order valence-corrected chi connectivity index (χ1v) is 8.98. The van der Waals surface area contributed by atoms with Gasteiger partial charge in [0, 0.05) is 51.0 Å². The first-order chi connectivity index (χ1) is 11.5. The van der Waals surface area contributed by atoms with Crippen LogP contribution in [-0.4, -0.2) is 63.2 Å². The highest BCUT2D eigenvalue weighted by molar-refractivity contribution is 14.0. The molecule has 2 rings (SSSR count). The average Bonchev–Trinajstić information content (AvgIpc) is 3.02. The quantitative estimate of drug-likeness (QED) is 0.390. The van der Waals surface area contributed by atoms with Crippen LogP contribution in [-0.2, 0) is 0 Å². The summed E-state index contributed by atoms with van der Waals surface area (Å²) in [6, 6.07) is 9.81. The van der Waals surface area contributed by atoms with Crippen molar-refractivity contribution in [3.8, 4) is 0 Å². The number of halogens is 1. The Hall–Kier alpha value is -1.02. The van der Waals surface area contributed by atoms with Gasteiger partial charge in [-0.2, -0.15) is 0 Å². The molecule has 0 aliphatic carbocycles. The van der Waals surface area contributed by atoms with Crippen LogP contribution in [0.25, 0.3) is 0 Å². The summed E-state index contributed by atoms with van der Waals surface area (Å²) in [6.45, 7) is 10.6. The fraction of sp³-hybridized carbons (Fsp3) is 0.632. The molecule has 0 aromatic heterocycles. The molecule has 0 amide bonds. The van der Waals surface area contributed by atoms with Crippen LogP contribution in [0.2, 0.25) is 0 Å². The van der Waals surface area contributed by atoms with Gasteiger partial charge in [0.25, 0.3) is 0 Å². The highest BCUT2D eigenvalue weighted by atomic mass is 127. The van der Waals surface area contributed by atoms with E-state index in [4.69, 9.17) is 0 Å². The van der Waals surface area contributed by atoms with Gasteiger partial charge in [0.2, 0.25) is 0 Å². The minimum atomic E-state index is 0. The van der Waals surface area contributed by atoms with Crippen LogP contribution in [0.5, 0.6) is 0 Å². The van der Waals surface area contributed by atoms with Gasteiger partial charge in [-0.3, -0.25) is 4.99 Å². The molecule has 142 valence electrons. The molecule has 0 spiro atoms. The number of hydrogen-bond acceptors (Lipinski definition) is 3. The number of nitrogens with one attached hydrogen (secondary N) is 2. The average molecular weight is 459 g/mol. The van der Waals surface area contributed by atoms with Gasteiger partial charge >= 0.3 is 0 Å². The lowest BCUT2D eigenvalue weighted by Gasteiger charge is -2.23. The summed E-state index contributed by atoms with van der Waals surface area (Å²) >= 11 is 0. The predicted octanol–water partition coefficient (Wildman–Crippen LogP) is 2.70. The molecule has 1 aliphatic heterocycles. The first-order valence-electron chi connectivity index (χ1n) is 8.98. The van der Waals surface area contributed by atoms with Gasteiger partial charge in [0.05, 0.1) is 0 Å². The first kappa shape index (κ1) is 22.0. The van der Waals surface area contributed by atoms with E-state index in [0.29, 0.717) is 12.1 Å². The van der Waals surface area contributed by atoms with Crippen LogP contribution in [0.4, 0.5) is 5.69 Å². The van der Waals surface area contributed by atoms with Crippen molar-refractivity contribution in [1.29, 1.82) is 0 Å². The molecule has 1 atom stereocenters. The van der Waals surface area contributed by atoms with Gasteiger partial charge in [-0.15, -0.1) is 24.0 Å². The predicted molar refractivity (Wildman–Crippen MR) is 119 cm³/mol. The summed E-state index contributed by atoms with van der Waals surface area (Å²) in [7, 11) is 3.99. The zero-order valence-corrected chi connectivity index (χ0v) is 18.6. The van der Waals surface area contributed by atoms with Gasteiger partial charge in [-0.1, -0.05) is 17.7 Å². The second-order valence-corrected chi connectivity index (χ2v) is 6.98. The monoisotopic (exact) mass is 459 g/mol. The number of nitrogens with zero attached hydrogens (tertiary/aromatic N) is 3. The van der Waals surface area contributed by atoms with E-state index in [9.17, 15) is 0 Å². The van der Waals surface area contributed by atoms with Crippen LogP contribution < -0.4 is 15.5 Å². The lowest BCUT2D eigenvalue weighted by atomic mass is 10.2. The van der Waals surface area contributed by atoms with Crippen LogP contribution in [0, 0.1) is 6.92 Å². The molecule has 5 nitrogen and oxygen atoms in total. The standard InChI is InChI=1S/C19H33N5.HI/c1-15(2)23(5)13-11-21-19(20-4)22-17-10-12-24(14-17)18-8-6-16(3)7-9-18;/h6-9,15,17H,10-14H2,1-5H3,(H2,20,21,22);1H. The minimum absolute atomic E-state index is 0. The Morgan fingerprint density at radius 2 is 2.00 bits per heavy atom. The minimum Gasteiger partial charge on any atom is -0.369 e. The zero-order valence-electron chi connectivity index (χ0n) is 16.2. The normalized spacial score (nSPS) is 17.8. The summed E-state index contributed by atoms with van der Waals surface area (Å²) in [5.74, 6) is 0.905. The van der Waals surface area contributed by atoms with E-state index in [2.05, 4.69) is 77.5 Å². The topological polar surface area (TPSA) is 42.9 Å². The summed E-state index contributed by atoms with van der Waals surface area (Å²) in [4.78, 5) is 9.13. The molecule has 1 aromatic rings. The fourth-order valence-corrected chi connectivity index (χ4v) is 2.87. The number of rotatable bonds is 6. The molecular formula is C19H34IN5. The van der Waals surface area contributed by atoms with Gasteiger partial charge in [-0.25, -0.2) is 0 Å². The molecule has 1 unspecified atom stereocenters. The van der Waals surface area contributed by atoms with Crippen LogP contribution in [0.15, 0.2) is 29.3 Å². The largest absolute Gasteiger partial charge is 0.369 e. The van der Waals surface area contributed by atoms with E-state index in [0.717, 1.165) is 38.6 Å². The van der Waals surface area contributed by atoms with Gasteiger partial charge in [0.15, 0.2) is 5.96 Å². The SMILES string of the molecule is CN=C(NCCN(C)C(C)C)NC1CCN(c2ccc(C)cc2)C1.I. The van der Waals surface area contributed by atoms with Crippen molar-refractivity contribution < 1.29 is 0 Å². The molecule has 1 heterocycles. The maximum absolute atomic E-state index is 4.36. The molecule has 1 aromatic carbocycles. The molecule has 0 saturated carbocycles. The lowest BCUT2D eigenvalue weighted by molar-refractivity contribution is 0.278. The van der Waals surface area contributed by atoms with Crippen molar-refractivity contribution in [3.63, 3.8) is 0 Å². The third-order valence-electron chi connectivity index (χ3n) is 4.79. The van der Waals surface area contributed by atoms with Crippen molar-refractivity contribution >= 4 is 35.6 Å². The van der Waals surface area contributed by atoms with Crippen LogP contribution in [0.3, 0.4) is 0 Å². The molecule has 2 N–H and O–H groups in total. The maximum atomic E-state index is 4.36. The number of hydrogen-bond donors (Lipinski definition) is 2. The maximum Gasteiger partial charge on any atom is 0.191 e. The number of aliphatic imine (C=N–C) groups is 1. The number of aryl methyl sites for hydroxylation is 1. The van der Waals surface area contributed by atoms with E-state index in [-0.39, 0.29) is 24.0 Å². The van der Waals surface area contributed by atoms with E-state index in [1.54, 1.807) is 0 Å². The second-order valence-electron chi connectivity index (χ2n) is 6.98. The van der Waals surface area contributed by atoms with Gasteiger partial charge < -0.3 is 20.4 Å². The van der Waals surface area contributed by atoms with Crippen molar-refractivity contribution in [2.24, 2.45) is 4.99 Å². The Balaban J connectivity index is 0.00000312. The molecule has 1 fully saturated rings. The second kappa shape index (κ2) is 10.9.